The lowest BCUT2D eigenvalue weighted by Crippen LogP contribution is -2.53. The van der Waals surface area contributed by atoms with E-state index in [0.29, 0.717) is 5.75 Å². The Labute approximate surface area is 200 Å². The first-order chi connectivity index (χ1) is 15.6. The van der Waals surface area contributed by atoms with E-state index in [1.54, 1.807) is 26.0 Å². The summed E-state index contributed by atoms with van der Waals surface area (Å²) in [5, 5.41) is 2.76. The molecule has 0 radical (unpaired) electrons. The molecule has 10 nitrogen and oxygen atoms in total. The maximum atomic E-state index is 13.2. The average Bonchev–Trinajstić information content (AvgIpc) is 3.25. The van der Waals surface area contributed by atoms with Gasteiger partial charge in [-0.25, -0.2) is 0 Å². The largest absolute Gasteiger partial charge is 0.493 e. The second-order valence-electron chi connectivity index (χ2n) is 8.30. The first-order valence-corrected chi connectivity index (χ1v) is 11.3. The van der Waals surface area contributed by atoms with Gasteiger partial charge in [0.2, 0.25) is 11.8 Å². The molecular formula is C22H29BrN2O8. The Morgan fingerprint density at radius 2 is 2.03 bits per heavy atom. The van der Waals surface area contributed by atoms with E-state index in [1.807, 2.05) is 12.1 Å². The minimum Gasteiger partial charge on any atom is -0.493 e. The number of likely N-dealkylation sites (tertiary alicyclic amines) is 1. The second kappa shape index (κ2) is 10.8. The quantitative estimate of drug-likeness (QED) is 0.474. The maximum absolute atomic E-state index is 13.2. The van der Waals surface area contributed by atoms with Crippen molar-refractivity contribution in [3.63, 3.8) is 0 Å². The summed E-state index contributed by atoms with van der Waals surface area (Å²) in [4.78, 5) is 39.4. The Balaban J connectivity index is 1.67. The van der Waals surface area contributed by atoms with Gasteiger partial charge in [-0.2, -0.15) is 0 Å². The highest BCUT2D eigenvalue weighted by molar-refractivity contribution is 9.10. The lowest BCUT2D eigenvalue weighted by molar-refractivity contribution is -0.171. The third-order valence-electron chi connectivity index (χ3n) is 5.41. The van der Waals surface area contributed by atoms with Gasteiger partial charge in [0.25, 0.3) is 0 Å². The number of ether oxygens (including phenoxy) is 5. The minimum atomic E-state index is -0.913. The van der Waals surface area contributed by atoms with Crippen molar-refractivity contribution in [2.24, 2.45) is 5.92 Å². The van der Waals surface area contributed by atoms with Crippen LogP contribution in [0.5, 0.6) is 5.75 Å². The van der Waals surface area contributed by atoms with E-state index >= 15 is 0 Å². The predicted octanol–water partition coefficient (Wildman–Crippen LogP) is 1.11. The van der Waals surface area contributed by atoms with Crippen LogP contribution in [-0.4, -0.2) is 87.2 Å². The van der Waals surface area contributed by atoms with E-state index in [9.17, 15) is 14.4 Å². The zero-order chi connectivity index (χ0) is 24.2. The molecular weight excluding hydrogens is 500 g/mol. The van der Waals surface area contributed by atoms with Crippen molar-refractivity contribution >= 4 is 33.7 Å². The van der Waals surface area contributed by atoms with Crippen LogP contribution in [0.4, 0.5) is 0 Å². The molecule has 0 spiro atoms. The van der Waals surface area contributed by atoms with Gasteiger partial charge in [-0.3, -0.25) is 14.4 Å². The van der Waals surface area contributed by atoms with Gasteiger partial charge in [0.15, 0.2) is 5.79 Å². The Hall–Kier alpha value is -2.21. The molecule has 3 rings (SSSR count). The summed E-state index contributed by atoms with van der Waals surface area (Å²) < 4.78 is 28.1. The van der Waals surface area contributed by atoms with Crippen LogP contribution in [0.15, 0.2) is 28.7 Å². The smallest absolute Gasteiger partial charge is 0.313 e. The fraction of sp³-hybridized carbons (Fsp3) is 0.591. The van der Waals surface area contributed by atoms with E-state index < -0.39 is 41.8 Å². The molecule has 4 atom stereocenters. The van der Waals surface area contributed by atoms with Gasteiger partial charge < -0.3 is 33.9 Å². The highest BCUT2D eigenvalue weighted by atomic mass is 79.9. The normalized spacial score (nSPS) is 24.2. The van der Waals surface area contributed by atoms with Gasteiger partial charge in [0.1, 0.15) is 43.1 Å². The molecule has 2 heterocycles. The molecule has 0 unspecified atom stereocenters. The van der Waals surface area contributed by atoms with E-state index in [0.717, 1.165) is 4.47 Å². The molecule has 2 aliphatic heterocycles. The predicted molar refractivity (Wildman–Crippen MR) is 119 cm³/mol. The lowest BCUT2D eigenvalue weighted by Gasteiger charge is -2.29. The van der Waals surface area contributed by atoms with Gasteiger partial charge in [0, 0.05) is 18.1 Å². The van der Waals surface area contributed by atoms with Crippen molar-refractivity contribution in [3.05, 3.63) is 28.7 Å². The Kier molecular flexibility index (Phi) is 8.33. The zero-order valence-corrected chi connectivity index (χ0v) is 20.6. The summed E-state index contributed by atoms with van der Waals surface area (Å²) in [6.07, 6.45) is -1.07. The molecule has 2 fully saturated rings. The Bertz CT molecular complexity index is 880. The molecule has 2 amide bonds. The van der Waals surface area contributed by atoms with Crippen LogP contribution >= 0.6 is 15.9 Å². The van der Waals surface area contributed by atoms with Crippen molar-refractivity contribution in [2.75, 3.05) is 40.5 Å². The first-order valence-electron chi connectivity index (χ1n) is 10.5. The van der Waals surface area contributed by atoms with Gasteiger partial charge >= 0.3 is 5.97 Å². The number of halogens is 1. The van der Waals surface area contributed by atoms with Gasteiger partial charge in [-0.1, -0.05) is 22.0 Å². The number of amides is 2. The third-order valence-corrected chi connectivity index (χ3v) is 5.90. The first kappa shape index (κ1) is 25.4. The van der Waals surface area contributed by atoms with E-state index in [4.69, 9.17) is 23.7 Å². The van der Waals surface area contributed by atoms with Crippen LogP contribution in [0.3, 0.4) is 0 Å². The molecule has 0 bridgehead atoms. The van der Waals surface area contributed by atoms with Crippen LogP contribution in [0.2, 0.25) is 0 Å². The van der Waals surface area contributed by atoms with Gasteiger partial charge in [-0.05, 0) is 32.0 Å². The van der Waals surface area contributed by atoms with Gasteiger partial charge in [-0.15, -0.1) is 0 Å². The molecule has 1 aromatic rings. The Morgan fingerprint density at radius 1 is 1.27 bits per heavy atom. The average molecular weight is 529 g/mol. The lowest BCUT2D eigenvalue weighted by atomic mass is 10.1. The van der Waals surface area contributed by atoms with E-state index in [2.05, 4.69) is 21.2 Å². The molecule has 2 saturated heterocycles. The highest BCUT2D eigenvalue weighted by Gasteiger charge is 2.56. The maximum Gasteiger partial charge on any atom is 0.313 e. The number of nitrogens with zero attached hydrogens (tertiary/aromatic N) is 1. The van der Waals surface area contributed by atoms with Gasteiger partial charge in [0.05, 0.1) is 13.7 Å². The van der Waals surface area contributed by atoms with Crippen molar-refractivity contribution in [3.8, 4) is 5.75 Å². The van der Waals surface area contributed by atoms with Crippen LogP contribution in [-0.2, 0) is 33.3 Å². The minimum absolute atomic E-state index is 0.000904. The number of benzene rings is 1. The summed E-state index contributed by atoms with van der Waals surface area (Å²) in [6, 6.07) is 6.27. The molecule has 1 aromatic carbocycles. The fourth-order valence-electron chi connectivity index (χ4n) is 3.97. The second-order valence-corrected chi connectivity index (χ2v) is 9.21. The van der Waals surface area contributed by atoms with Crippen LogP contribution < -0.4 is 10.1 Å². The summed E-state index contributed by atoms with van der Waals surface area (Å²) in [6.45, 7) is 3.52. The van der Waals surface area contributed by atoms with Crippen molar-refractivity contribution in [2.45, 2.75) is 37.9 Å². The molecule has 11 heteroatoms. The van der Waals surface area contributed by atoms with Crippen molar-refractivity contribution < 1.29 is 38.1 Å². The SMILES string of the molecule is COCC(=O)N1C[C@@H]2OC(C)(C)O[C@@H]2[C@H]1C(=O)NC[C@H](COc1cccc(Br)c1)C(=O)OC. The third kappa shape index (κ3) is 6.23. The number of methoxy groups -OCH3 is 2. The number of fused-ring (bicyclic) bond motifs is 1. The van der Waals surface area contributed by atoms with Crippen molar-refractivity contribution in [1.29, 1.82) is 0 Å². The molecule has 0 aliphatic carbocycles. The monoisotopic (exact) mass is 528 g/mol. The van der Waals surface area contributed by atoms with E-state index in [-0.39, 0.29) is 32.2 Å². The van der Waals surface area contributed by atoms with E-state index in [1.165, 1.54) is 19.1 Å². The Morgan fingerprint density at radius 3 is 2.70 bits per heavy atom. The van der Waals surface area contributed by atoms with Crippen LogP contribution in [0.25, 0.3) is 0 Å². The number of carbonyl (C=O) groups is 3. The standard InChI is InChI=1S/C22H29BrN2O8/c1-22(2)32-16-10-25(17(26)12-29-3)18(19(16)33-22)20(27)24-9-13(21(28)30-4)11-31-15-7-5-6-14(23)8-15/h5-8,13,16,18-19H,9-12H2,1-4H3,(H,24,27)/t13-,16+,18+,19+/m1/s1. The molecule has 182 valence electrons. The number of nitrogens with one attached hydrogen (secondary N) is 1. The van der Waals surface area contributed by atoms with Crippen molar-refractivity contribution in [1.82, 2.24) is 10.2 Å². The van der Waals surface area contributed by atoms with Crippen LogP contribution in [0, 0.1) is 5.92 Å². The molecule has 0 saturated carbocycles. The summed E-state index contributed by atoms with van der Waals surface area (Å²) in [7, 11) is 2.68. The fourth-order valence-corrected chi connectivity index (χ4v) is 4.35. The number of esters is 1. The molecule has 33 heavy (non-hydrogen) atoms. The highest BCUT2D eigenvalue weighted by Crippen LogP contribution is 2.37. The summed E-state index contributed by atoms with van der Waals surface area (Å²) in [5.41, 5.74) is 0. The van der Waals surface area contributed by atoms with Crippen LogP contribution in [0.1, 0.15) is 13.8 Å². The number of carbonyl (C=O) groups excluding carboxylic acids is 3. The number of hydrogen-bond acceptors (Lipinski definition) is 8. The topological polar surface area (TPSA) is 113 Å². The summed E-state index contributed by atoms with van der Waals surface area (Å²) >= 11 is 3.37. The summed E-state index contributed by atoms with van der Waals surface area (Å²) in [5.74, 6) is -2.38. The number of hydrogen-bond donors (Lipinski definition) is 1. The molecule has 0 aromatic heterocycles. The molecule has 1 N–H and O–H groups in total. The molecule has 2 aliphatic rings. The number of rotatable bonds is 9. The zero-order valence-electron chi connectivity index (χ0n) is 19.0.